The number of hydrogen-bond acceptors (Lipinski definition) is 8. The van der Waals surface area contributed by atoms with Crippen LogP contribution in [0.15, 0.2) is 96.6 Å². The van der Waals surface area contributed by atoms with Crippen LogP contribution in [0.25, 0.3) is 28.0 Å². The molecule has 4 aromatic heterocycles. The van der Waals surface area contributed by atoms with Gasteiger partial charge in [0.05, 0.1) is 23.2 Å². The van der Waals surface area contributed by atoms with Gasteiger partial charge in [-0.3, -0.25) is 9.59 Å². The summed E-state index contributed by atoms with van der Waals surface area (Å²) >= 11 is 1.53. The molecule has 0 aliphatic carbocycles. The maximum absolute atomic E-state index is 13.3. The number of alkyl halides is 3. The maximum atomic E-state index is 13.3. The second-order valence-corrected chi connectivity index (χ2v) is 12.0. The van der Waals surface area contributed by atoms with Crippen molar-refractivity contribution in [3.8, 4) is 22.5 Å². The lowest BCUT2D eigenvalue weighted by atomic mass is 9.91. The molecular weight excluding hydrogens is 627 g/mol. The summed E-state index contributed by atoms with van der Waals surface area (Å²) in [6.07, 6.45) is -0.778. The fraction of sp³-hybridized carbons (Fsp3) is 0.147. The summed E-state index contributed by atoms with van der Waals surface area (Å²) < 4.78 is 41.7. The Morgan fingerprint density at radius 2 is 1.89 bits per heavy atom. The highest BCUT2D eigenvalue weighted by Crippen LogP contribution is 2.36. The van der Waals surface area contributed by atoms with Crippen molar-refractivity contribution in [3.63, 3.8) is 0 Å². The lowest BCUT2D eigenvalue weighted by molar-refractivity contribution is -0.173. The van der Waals surface area contributed by atoms with Gasteiger partial charge in [0.15, 0.2) is 0 Å². The number of fused-ring (bicyclic) bond motifs is 2. The van der Waals surface area contributed by atoms with Crippen LogP contribution in [0.2, 0.25) is 0 Å². The minimum atomic E-state index is -4.96. The number of benzene rings is 2. The highest BCUT2D eigenvalue weighted by molar-refractivity contribution is 7.10. The quantitative estimate of drug-likeness (QED) is 0.166. The van der Waals surface area contributed by atoms with Gasteiger partial charge in [0.2, 0.25) is 11.9 Å². The van der Waals surface area contributed by atoms with Gasteiger partial charge in [0.25, 0.3) is 5.78 Å². The number of amides is 1. The Morgan fingerprint density at radius 3 is 2.72 bits per heavy atom. The Morgan fingerprint density at radius 1 is 1.00 bits per heavy atom. The van der Waals surface area contributed by atoms with E-state index >= 15 is 0 Å². The molecular formula is C34H26F3N7O2S. The Hall–Kier alpha value is -5.40. The standard InChI is InChI=1S/C34H26F3N7O2S/c35-34(36,37)32(46)31-25-18-23(10-9-20(25)11-13-38-31)41-33-39-14-12-26(42-33)29-27-8-1-2-15-44(27)43-30(29)21-5-3-6-22(17-21)40-28(45)19-24-7-4-16-47-24/h1-10,12,14-18,31,38H,11,13,19H2,(H,40,45)(H,39,41,42). The summed E-state index contributed by atoms with van der Waals surface area (Å²) in [7, 11) is 0. The van der Waals surface area contributed by atoms with Gasteiger partial charge in [0.1, 0.15) is 11.7 Å². The number of thiophene rings is 1. The van der Waals surface area contributed by atoms with Crippen LogP contribution in [0.4, 0.5) is 30.5 Å². The van der Waals surface area contributed by atoms with Crippen LogP contribution in [-0.4, -0.2) is 44.0 Å². The van der Waals surface area contributed by atoms with E-state index in [4.69, 9.17) is 10.1 Å². The largest absolute Gasteiger partial charge is 0.452 e. The van der Waals surface area contributed by atoms with Crippen molar-refractivity contribution in [1.29, 1.82) is 0 Å². The topological polar surface area (TPSA) is 113 Å². The zero-order chi connectivity index (χ0) is 32.5. The number of ketones is 1. The average molecular weight is 654 g/mol. The Bertz CT molecular complexity index is 2110. The minimum absolute atomic E-state index is 0.126. The van der Waals surface area contributed by atoms with E-state index in [0.717, 1.165) is 21.5 Å². The smallest absolute Gasteiger partial charge is 0.326 e. The number of aromatic nitrogens is 4. The van der Waals surface area contributed by atoms with Crippen molar-refractivity contribution in [2.45, 2.75) is 25.1 Å². The van der Waals surface area contributed by atoms with Crippen molar-refractivity contribution < 1.29 is 22.8 Å². The molecule has 0 radical (unpaired) electrons. The van der Waals surface area contributed by atoms with Crippen LogP contribution < -0.4 is 16.0 Å². The van der Waals surface area contributed by atoms with Crippen molar-refractivity contribution in [2.24, 2.45) is 0 Å². The van der Waals surface area contributed by atoms with Crippen LogP contribution in [0.3, 0.4) is 0 Å². The summed E-state index contributed by atoms with van der Waals surface area (Å²) in [5.74, 6) is -1.75. The van der Waals surface area contributed by atoms with Gasteiger partial charge in [-0.1, -0.05) is 30.3 Å². The Kier molecular flexibility index (Phi) is 8.00. The molecule has 6 aromatic rings. The molecule has 1 aliphatic rings. The molecule has 0 saturated carbocycles. The summed E-state index contributed by atoms with van der Waals surface area (Å²) in [4.78, 5) is 34.9. The van der Waals surface area contributed by atoms with Crippen LogP contribution in [0.5, 0.6) is 0 Å². The third kappa shape index (κ3) is 6.35. The van der Waals surface area contributed by atoms with Gasteiger partial charge >= 0.3 is 6.18 Å². The van der Waals surface area contributed by atoms with Gasteiger partial charge in [-0.2, -0.15) is 18.3 Å². The number of carbonyl (C=O) groups excluding carboxylic acids is 2. The van der Waals surface area contributed by atoms with Gasteiger partial charge in [-0.15, -0.1) is 11.3 Å². The first-order valence-corrected chi connectivity index (χ1v) is 15.6. The lowest BCUT2D eigenvalue weighted by Gasteiger charge is -2.27. The monoisotopic (exact) mass is 653 g/mol. The van der Waals surface area contributed by atoms with Crippen molar-refractivity contribution in [2.75, 3.05) is 17.2 Å². The molecule has 236 valence electrons. The Balaban J connectivity index is 1.21. The van der Waals surface area contributed by atoms with Crippen molar-refractivity contribution in [1.82, 2.24) is 24.9 Å². The van der Waals surface area contributed by atoms with E-state index in [1.54, 1.807) is 28.9 Å². The van der Waals surface area contributed by atoms with Crippen LogP contribution in [0, 0.1) is 0 Å². The summed E-state index contributed by atoms with van der Waals surface area (Å²) in [6, 6.07) is 22.2. The predicted octanol–water partition coefficient (Wildman–Crippen LogP) is 6.76. The Labute approximate surface area is 270 Å². The molecule has 0 fully saturated rings. The first-order chi connectivity index (χ1) is 22.7. The fourth-order valence-corrected chi connectivity index (χ4v) is 6.39. The molecule has 1 amide bonds. The van der Waals surface area contributed by atoms with Gasteiger partial charge < -0.3 is 16.0 Å². The molecule has 5 heterocycles. The van der Waals surface area contributed by atoms with E-state index in [-0.39, 0.29) is 30.4 Å². The summed E-state index contributed by atoms with van der Waals surface area (Å²) in [5.41, 5.74) is 5.46. The van der Waals surface area contributed by atoms with E-state index < -0.39 is 18.0 Å². The van der Waals surface area contributed by atoms with E-state index in [9.17, 15) is 22.8 Å². The molecule has 0 saturated heterocycles. The lowest BCUT2D eigenvalue weighted by Crippen LogP contribution is -2.41. The van der Waals surface area contributed by atoms with E-state index in [1.807, 2.05) is 66.2 Å². The highest BCUT2D eigenvalue weighted by Gasteiger charge is 2.45. The van der Waals surface area contributed by atoms with Crippen LogP contribution in [-0.2, 0) is 22.4 Å². The maximum Gasteiger partial charge on any atom is 0.452 e. The normalized spacial score (nSPS) is 14.5. The van der Waals surface area contributed by atoms with E-state index in [2.05, 4.69) is 20.9 Å². The van der Waals surface area contributed by atoms with Gasteiger partial charge in [0, 0.05) is 40.8 Å². The molecule has 13 heteroatoms. The molecule has 3 N–H and O–H groups in total. The number of rotatable bonds is 8. The zero-order valence-corrected chi connectivity index (χ0v) is 25.4. The molecule has 47 heavy (non-hydrogen) atoms. The van der Waals surface area contributed by atoms with E-state index in [0.29, 0.717) is 34.7 Å². The van der Waals surface area contributed by atoms with E-state index in [1.165, 1.54) is 17.4 Å². The average Bonchev–Trinajstić information content (AvgIpc) is 3.72. The third-order valence-electron chi connectivity index (χ3n) is 7.78. The first kappa shape index (κ1) is 30.3. The van der Waals surface area contributed by atoms with Crippen molar-refractivity contribution in [3.05, 3.63) is 113 Å². The van der Waals surface area contributed by atoms with Crippen molar-refractivity contribution >= 4 is 45.9 Å². The fourth-order valence-electron chi connectivity index (χ4n) is 5.69. The number of anilines is 3. The van der Waals surface area contributed by atoms with Gasteiger partial charge in [-0.05, 0) is 71.5 Å². The SMILES string of the molecule is O=C(Cc1cccs1)Nc1cccc(-c2nn3ccccc3c2-c2ccnc(Nc3ccc4c(c3)C(C(=O)C(F)(F)F)NCC4)n2)c1. The summed E-state index contributed by atoms with van der Waals surface area (Å²) in [6.45, 7) is 0.268. The second kappa shape index (κ2) is 12.4. The third-order valence-corrected chi connectivity index (χ3v) is 8.66. The number of pyridine rings is 1. The minimum Gasteiger partial charge on any atom is -0.326 e. The first-order valence-electron chi connectivity index (χ1n) is 14.7. The van der Waals surface area contributed by atoms with Crippen LogP contribution in [0.1, 0.15) is 22.0 Å². The van der Waals surface area contributed by atoms with Crippen LogP contribution >= 0.6 is 11.3 Å². The predicted molar refractivity (Wildman–Crippen MR) is 174 cm³/mol. The second-order valence-electron chi connectivity index (χ2n) is 10.9. The molecule has 1 atom stereocenters. The summed E-state index contributed by atoms with van der Waals surface area (Å²) in [5, 5.41) is 15.5. The number of nitrogens with one attached hydrogen (secondary N) is 3. The molecule has 9 nitrogen and oxygen atoms in total. The molecule has 7 rings (SSSR count). The molecule has 0 bridgehead atoms. The number of carbonyl (C=O) groups is 2. The number of halogens is 3. The number of nitrogens with zero attached hydrogens (tertiary/aromatic N) is 4. The molecule has 1 aliphatic heterocycles. The highest BCUT2D eigenvalue weighted by atomic mass is 32.1. The van der Waals surface area contributed by atoms with Gasteiger partial charge in [-0.25, -0.2) is 14.5 Å². The molecule has 2 aromatic carbocycles. The molecule has 1 unspecified atom stereocenters. The number of Topliss-reactive ketones (excluding diaryl/α,β-unsaturated/α-hetero) is 1. The molecule has 0 spiro atoms. The zero-order valence-electron chi connectivity index (χ0n) is 24.6. The number of hydrogen-bond donors (Lipinski definition) is 3.